The van der Waals surface area contributed by atoms with Gasteiger partial charge in [-0.2, -0.15) is 0 Å². The number of urea groups is 1. The van der Waals surface area contributed by atoms with Crippen LogP contribution < -0.4 is 10.6 Å². The van der Waals surface area contributed by atoms with Gasteiger partial charge in [0.2, 0.25) is 0 Å². The van der Waals surface area contributed by atoms with E-state index in [4.69, 9.17) is 5.11 Å². The number of aliphatic carboxylic acids is 1. The number of nitrogens with one attached hydrogen (secondary N) is 2. The molecule has 0 aliphatic heterocycles. The monoisotopic (exact) mass is 268 g/mol. The first-order valence-corrected chi connectivity index (χ1v) is 5.99. The Morgan fingerprint density at radius 3 is 2.79 bits per heavy atom. The molecule has 2 amide bonds. The van der Waals surface area contributed by atoms with Crippen LogP contribution in [-0.4, -0.2) is 23.7 Å². The van der Waals surface area contributed by atoms with Crippen LogP contribution in [0.4, 0.5) is 14.9 Å². The summed E-state index contributed by atoms with van der Waals surface area (Å²) in [4.78, 5) is 21.9. The molecular weight excluding hydrogens is 251 g/mol. The van der Waals surface area contributed by atoms with Gasteiger partial charge in [-0.15, -0.1) is 0 Å². The largest absolute Gasteiger partial charge is 0.481 e. The summed E-state index contributed by atoms with van der Waals surface area (Å²) in [5, 5.41) is 13.6. The minimum atomic E-state index is -0.851. The molecule has 1 aromatic rings. The van der Waals surface area contributed by atoms with Crippen LogP contribution in [0.2, 0.25) is 0 Å². The first kappa shape index (κ1) is 14.9. The second-order valence-corrected chi connectivity index (χ2v) is 4.38. The molecule has 0 radical (unpaired) electrons. The zero-order valence-electron chi connectivity index (χ0n) is 10.6. The van der Waals surface area contributed by atoms with E-state index in [2.05, 4.69) is 10.6 Å². The fourth-order valence-electron chi connectivity index (χ4n) is 1.48. The Labute approximate surface area is 110 Å². The zero-order valence-corrected chi connectivity index (χ0v) is 10.6. The Kier molecular flexibility index (Phi) is 5.78. The Morgan fingerprint density at radius 2 is 2.16 bits per heavy atom. The standard InChI is InChI=1S/C13H17FN2O3/c1-9(5-6-12(17)18)8-15-13(19)16-11-4-2-3-10(14)7-11/h2-4,7,9H,5-6,8H2,1H3,(H,17,18)(H2,15,16,19). The normalized spacial score (nSPS) is 11.7. The average molecular weight is 268 g/mol. The van der Waals surface area contributed by atoms with Gasteiger partial charge in [0.05, 0.1) is 0 Å². The van der Waals surface area contributed by atoms with Crippen molar-refractivity contribution in [1.29, 1.82) is 0 Å². The number of carboxylic acids is 1. The van der Waals surface area contributed by atoms with Crippen molar-refractivity contribution in [3.8, 4) is 0 Å². The first-order chi connectivity index (χ1) is 8.97. The Bertz CT molecular complexity index is 451. The van der Waals surface area contributed by atoms with Crippen LogP contribution in [-0.2, 0) is 4.79 Å². The maximum Gasteiger partial charge on any atom is 0.319 e. The highest BCUT2D eigenvalue weighted by Crippen LogP contribution is 2.09. The van der Waals surface area contributed by atoms with E-state index in [9.17, 15) is 14.0 Å². The molecule has 0 spiro atoms. The lowest BCUT2D eigenvalue weighted by atomic mass is 10.1. The number of carbonyl (C=O) groups excluding carboxylic acids is 1. The molecule has 0 aliphatic carbocycles. The van der Waals surface area contributed by atoms with Gasteiger partial charge in [0.1, 0.15) is 5.82 Å². The van der Waals surface area contributed by atoms with Gasteiger partial charge in [-0.25, -0.2) is 9.18 Å². The van der Waals surface area contributed by atoms with Crippen molar-refractivity contribution in [1.82, 2.24) is 5.32 Å². The molecule has 0 saturated carbocycles. The molecule has 0 aromatic heterocycles. The van der Waals surface area contributed by atoms with Crippen molar-refractivity contribution in [3.63, 3.8) is 0 Å². The predicted molar refractivity (Wildman–Crippen MR) is 69.5 cm³/mol. The number of rotatable bonds is 6. The average Bonchev–Trinajstić information content (AvgIpc) is 2.34. The third-order valence-electron chi connectivity index (χ3n) is 2.54. The molecule has 1 unspecified atom stereocenters. The minimum absolute atomic E-state index is 0.0642. The van der Waals surface area contributed by atoms with E-state index in [1.54, 1.807) is 6.07 Å². The van der Waals surface area contributed by atoms with E-state index in [1.807, 2.05) is 6.92 Å². The van der Waals surface area contributed by atoms with Gasteiger partial charge in [0.15, 0.2) is 0 Å². The van der Waals surface area contributed by atoms with Crippen molar-refractivity contribution >= 4 is 17.7 Å². The molecule has 3 N–H and O–H groups in total. The lowest BCUT2D eigenvalue weighted by molar-refractivity contribution is -0.137. The molecule has 0 fully saturated rings. The number of benzene rings is 1. The highest BCUT2D eigenvalue weighted by molar-refractivity contribution is 5.89. The van der Waals surface area contributed by atoms with Crippen molar-refractivity contribution < 1.29 is 19.1 Å². The molecule has 19 heavy (non-hydrogen) atoms. The number of anilines is 1. The number of hydrogen-bond acceptors (Lipinski definition) is 2. The minimum Gasteiger partial charge on any atom is -0.481 e. The van der Waals surface area contributed by atoms with Crippen LogP contribution in [0.25, 0.3) is 0 Å². The van der Waals surface area contributed by atoms with Crippen LogP contribution in [0.15, 0.2) is 24.3 Å². The molecule has 0 bridgehead atoms. The zero-order chi connectivity index (χ0) is 14.3. The second kappa shape index (κ2) is 7.35. The van der Waals surface area contributed by atoms with E-state index in [0.29, 0.717) is 18.7 Å². The topological polar surface area (TPSA) is 78.4 Å². The molecule has 1 aromatic carbocycles. The van der Waals surface area contributed by atoms with E-state index >= 15 is 0 Å². The summed E-state index contributed by atoms with van der Waals surface area (Å²) in [5.74, 6) is -1.21. The summed E-state index contributed by atoms with van der Waals surface area (Å²) in [5.41, 5.74) is 0.371. The van der Waals surface area contributed by atoms with Gasteiger partial charge in [0, 0.05) is 18.7 Å². The molecule has 5 nitrogen and oxygen atoms in total. The second-order valence-electron chi connectivity index (χ2n) is 4.38. The Hall–Kier alpha value is -2.11. The highest BCUT2D eigenvalue weighted by atomic mass is 19.1. The van der Waals surface area contributed by atoms with Crippen LogP contribution in [0.5, 0.6) is 0 Å². The van der Waals surface area contributed by atoms with Gasteiger partial charge in [-0.3, -0.25) is 4.79 Å². The molecule has 0 saturated heterocycles. The molecule has 1 atom stereocenters. The number of hydrogen-bond donors (Lipinski definition) is 3. The summed E-state index contributed by atoms with van der Waals surface area (Å²) < 4.78 is 12.9. The maximum absolute atomic E-state index is 12.9. The van der Waals surface area contributed by atoms with Gasteiger partial charge in [-0.05, 0) is 30.5 Å². The molecule has 0 heterocycles. The summed E-state index contributed by atoms with van der Waals surface area (Å²) >= 11 is 0. The molecule has 6 heteroatoms. The Morgan fingerprint density at radius 1 is 1.42 bits per heavy atom. The molecular formula is C13H17FN2O3. The SMILES string of the molecule is CC(CCC(=O)O)CNC(=O)Nc1cccc(F)c1. The fourth-order valence-corrected chi connectivity index (χ4v) is 1.48. The number of amides is 2. The third kappa shape index (κ3) is 6.40. The van der Waals surface area contributed by atoms with Crippen LogP contribution in [0.3, 0.4) is 0 Å². The van der Waals surface area contributed by atoms with Gasteiger partial charge in [-0.1, -0.05) is 13.0 Å². The first-order valence-electron chi connectivity index (χ1n) is 5.99. The fraction of sp³-hybridized carbons (Fsp3) is 0.385. The maximum atomic E-state index is 12.9. The molecule has 0 aliphatic rings. The summed E-state index contributed by atoms with van der Waals surface area (Å²) in [7, 11) is 0. The molecule has 1 rings (SSSR count). The number of carboxylic acid groups (broad SMARTS) is 1. The predicted octanol–water partition coefficient (Wildman–Crippen LogP) is 2.45. The van der Waals surface area contributed by atoms with E-state index in [0.717, 1.165) is 0 Å². The van der Waals surface area contributed by atoms with Crippen molar-refractivity contribution in [3.05, 3.63) is 30.1 Å². The summed E-state index contributed by atoms with van der Waals surface area (Å²) in [6.07, 6.45) is 0.573. The van der Waals surface area contributed by atoms with E-state index < -0.39 is 17.8 Å². The van der Waals surface area contributed by atoms with Crippen LogP contribution in [0.1, 0.15) is 19.8 Å². The van der Waals surface area contributed by atoms with Crippen LogP contribution in [0, 0.1) is 11.7 Å². The molecule has 104 valence electrons. The van der Waals surface area contributed by atoms with Gasteiger partial charge < -0.3 is 15.7 Å². The lowest BCUT2D eigenvalue weighted by Gasteiger charge is -2.12. The lowest BCUT2D eigenvalue weighted by Crippen LogP contribution is -2.32. The number of carbonyl (C=O) groups is 2. The Balaban J connectivity index is 2.30. The van der Waals surface area contributed by atoms with Gasteiger partial charge in [0.25, 0.3) is 0 Å². The van der Waals surface area contributed by atoms with Crippen LogP contribution >= 0.6 is 0 Å². The van der Waals surface area contributed by atoms with Crippen molar-refractivity contribution in [2.24, 2.45) is 5.92 Å². The number of halogens is 1. The smallest absolute Gasteiger partial charge is 0.319 e. The summed E-state index contributed by atoms with van der Waals surface area (Å²) in [6, 6.07) is 5.15. The quantitative estimate of drug-likeness (QED) is 0.741. The van der Waals surface area contributed by atoms with Crippen molar-refractivity contribution in [2.75, 3.05) is 11.9 Å². The highest BCUT2D eigenvalue weighted by Gasteiger charge is 2.08. The van der Waals surface area contributed by atoms with Gasteiger partial charge >= 0.3 is 12.0 Å². The van der Waals surface area contributed by atoms with Crippen molar-refractivity contribution in [2.45, 2.75) is 19.8 Å². The summed E-state index contributed by atoms with van der Waals surface area (Å²) in [6.45, 7) is 2.22. The third-order valence-corrected chi connectivity index (χ3v) is 2.54. The van der Waals surface area contributed by atoms with E-state index in [-0.39, 0.29) is 12.3 Å². The van der Waals surface area contributed by atoms with E-state index in [1.165, 1.54) is 18.2 Å².